The van der Waals surface area contributed by atoms with Crippen molar-refractivity contribution in [3.8, 4) is 17.2 Å². The van der Waals surface area contributed by atoms with Crippen LogP contribution in [0.3, 0.4) is 0 Å². The van der Waals surface area contributed by atoms with Crippen molar-refractivity contribution in [2.75, 3.05) is 31.0 Å². The standard InChI is InChI=1S/C24H26N2O4/c1-3-29-23-15-18(16-25-19-9-5-4-6-10-19)13-14-22(23)30-17-24(27)26-20-11-7-8-12-21(20)28-2/h4-15,25H,3,16-17H2,1-2H3,(H,26,27). The summed E-state index contributed by atoms with van der Waals surface area (Å²) in [4.78, 5) is 12.3. The maximum Gasteiger partial charge on any atom is 0.262 e. The van der Waals surface area contributed by atoms with Gasteiger partial charge in [0.15, 0.2) is 18.1 Å². The monoisotopic (exact) mass is 406 g/mol. The summed E-state index contributed by atoms with van der Waals surface area (Å²) in [5.41, 5.74) is 2.69. The van der Waals surface area contributed by atoms with Crippen LogP contribution in [0.5, 0.6) is 17.2 Å². The summed E-state index contributed by atoms with van der Waals surface area (Å²) in [6.07, 6.45) is 0. The zero-order valence-electron chi connectivity index (χ0n) is 17.2. The summed E-state index contributed by atoms with van der Waals surface area (Å²) in [5, 5.41) is 6.16. The number of hydrogen-bond acceptors (Lipinski definition) is 5. The molecule has 6 nitrogen and oxygen atoms in total. The van der Waals surface area contributed by atoms with E-state index in [0.29, 0.717) is 36.1 Å². The number of ether oxygens (including phenoxy) is 3. The van der Waals surface area contributed by atoms with Crippen molar-refractivity contribution in [3.05, 3.63) is 78.4 Å². The average molecular weight is 406 g/mol. The van der Waals surface area contributed by atoms with Gasteiger partial charge in [-0.2, -0.15) is 0 Å². The lowest BCUT2D eigenvalue weighted by Crippen LogP contribution is -2.20. The lowest BCUT2D eigenvalue weighted by Gasteiger charge is -2.14. The van der Waals surface area contributed by atoms with Gasteiger partial charge in [0.05, 0.1) is 19.4 Å². The fourth-order valence-corrected chi connectivity index (χ4v) is 2.89. The van der Waals surface area contributed by atoms with Crippen LogP contribution < -0.4 is 24.8 Å². The Kier molecular flexibility index (Phi) is 7.55. The number of amides is 1. The molecule has 0 saturated carbocycles. The zero-order chi connectivity index (χ0) is 21.2. The Hall–Kier alpha value is -3.67. The van der Waals surface area contributed by atoms with Crippen molar-refractivity contribution in [2.45, 2.75) is 13.5 Å². The third kappa shape index (κ3) is 5.91. The molecule has 0 atom stereocenters. The van der Waals surface area contributed by atoms with E-state index in [1.54, 1.807) is 19.2 Å². The molecule has 0 aliphatic rings. The molecule has 0 aliphatic heterocycles. The highest BCUT2D eigenvalue weighted by Gasteiger charge is 2.11. The smallest absolute Gasteiger partial charge is 0.262 e. The van der Waals surface area contributed by atoms with E-state index in [-0.39, 0.29) is 12.5 Å². The Bertz CT molecular complexity index is 960. The first-order valence-corrected chi connectivity index (χ1v) is 9.80. The van der Waals surface area contributed by atoms with E-state index in [1.165, 1.54) is 0 Å². The topological polar surface area (TPSA) is 68.8 Å². The highest BCUT2D eigenvalue weighted by molar-refractivity contribution is 5.93. The fraction of sp³-hybridized carbons (Fsp3) is 0.208. The van der Waals surface area contributed by atoms with Crippen LogP contribution in [0, 0.1) is 0 Å². The van der Waals surface area contributed by atoms with Gasteiger partial charge >= 0.3 is 0 Å². The Labute approximate surface area is 176 Å². The number of carbonyl (C=O) groups excluding carboxylic acids is 1. The molecule has 2 N–H and O–H groups in total. The largest absolute Gasteiger partial charge is 0.495 e. The second-order valence-corrected chi connectivity index (χ2v) is 6.47. The summed E-state index contributed by atoms with van der Waals surface area (Å²) in [7, 11) is 1.56. The molecule has 6 heteroatoms. The third-order valence-corrected chi connectivity index (χ3v) is 4.32. The minimum atomic E-state index is -0.281. The van der Waals surface area contributed by atoms with Crippen molar-refractivity contribution in [2.24, 2.45) is 0 Å². The number of carbonyl (C=O) groups is 1. The van der Waals surface area contributed by atoms with E-state index in [0.717, 1.165) is 11.3 Å². The quantitative estimate of drug-likeness (QED) is 0.510. The normalized spacial score (nSPS) is 10.2. The molecule has 0 spiro atoms. The number of anilines is 2. The molecule has 30 heavy (non-hydrogen) atoms. The maximum atomic E-state index is 12.3. The number of hydrogen-bond donors (Lipinski definition) is 2. The Morgan fingerprint density at radius 3 is 2.40 bits per heavy atom. The van der Waals surface area contributed by atoms with Crippen molar-refractivity contribution >= 4 is 17.3 Å². The van der Waals surface area contributed by atoms with E-state index < -0.39 is 0 Å². The molecule has 0 saturated heterocycles. The van der Waals surface area contributed by atoms with Gasteiger partial charge in [-0.3, -0.25) is 4.79 Å². The van der Waals surface area contributed by atoms with Gasteiger partial charge in [0.25, 0.3) is 5.91 Å². The van der Waals surface area contributed by atoms with Crippen LogP contribution in [-0.4, -0.2) is 26.2 Å². The first kappa shape index (κ1) is 21.0. The summed E-state index contributed by atoms with van der Waals surface area (Å²) in [6.45, 7) is 2.92. The van der Waals surface area contributed by atoms with Gasteiger partial charge in [-0.1, -0.05) is 36.4 Å². The van der Waals surface area contributed by atoms with Gasteiger partial charge < -0.3 is 24.8 Å². The zero-order valence-corrected chi connectivity index (χ0v) is 17.2. The summed E-state index contributed by atoms with van der Waals surface area (Å²) in [5.74, 6) is 1.44. The van der Waals surface area contributed by atoms with Gasteiger partial charge in [-0.05, 0) is 48.9 Å². The molecular formula is C24H26N2O4. The van der Waals surface area contributed by atoms with Crippen LogP contribution in [0.2, 0.25) is 0 Å². The second kappa shape index (κ2) is 10.8. The number of benzene rings is 3. The lowest BCUT2D eigenvalue weighted by atomic mass is 10.2. The van der Waals surface area contributed by atoms with Crippen LogP contribution in [-0.2, 0) is 11.3 Å². The lowest BCUT2D eigenvalue weighted by molar-refractivity contribution is -0.118. The fourth-order valence-electron chi connectivity index (χ4n) is 2.89. The Morgan fingerprint density at radius 2 is 1.63 bits per heavy atom. The molecule has 0 heterocycles. The van der Waals surface area contributed by atoms with E-state index in [2.05, 4.69) is 10.6 Å². The van der Waals surface area contributed by atoms with E-state index in [4.69, 9.17) is 14.2 Å². The molecule has 3 aromatic carbocycles. The minimum Gasteiger partial charge on any atom is -0.495 e. The van der Waals surface area contributed by atoms with Crippen LogP contribution in [0.4, 0.5) is 11.4 Å². The van der Waals surface area contributed by atoms with Crippen LogP contribution >= 0.6 is 0 Å². The number of nitrogens with one attached hydrogen (secondary N) is 2. The molecule has 0 radical (unpaired) electrons. The molecule has 3 rings (SSSR count). The SMILES string of the molecule is CCOc1cc(CNc2ccccc2)ccc1OCC(=O)Nc1ccccc1OC. The van der Waals surface area contributed by atoms with Crippen LogP contribution in [0.25, 0.3) is 0 Å². The predicted octanol–water partition coefficient (Wildman–Crippen LogP) is 4.72. The van der Waals surface area contributed by atoms with E-state index in [9.17, 15) is 4.79 Å². The second-order valence-electron chi connectivity index (χ2n) is 6.47. The Balaban J connectivity index is 1.61. The molecule has 3 aromatic rings. The van der Waals surface area contributed by atoms with Crippen LogP contribution in [0.15, 0.2) is 72.8 Å². The molecule has 0 aromatic heterocycles. The molecule has 156 valence electrons. The summed E-state index contributed by atoms with van der Waals surface area (Å²) < 4.78 is 16.7. The Morgan fingerprint density at radius 1 is 0.867 bits per heavy atom. The maximum absolute atomic E-state index is 12.3. The van der Waals surface area contributed by atoms with E-state index >= 15 is 0 Å². The summed E-state index contributed by atoms with van der Waals surface area (Å²) in [6, 6.07) is 22.9. The van der Waals surface area contributed by atoms with E-state index in [1.807, 2.05) is 67.6 Å². The van der Waals surface area contributed by atoms with Gasteiger partial charge in [-0.15, -0.1) is 0 Å². The first-order valence-electron chi connectivity index (χ1n) is 9.80. The predicted molar refractivity (Wildman–Crippen MR) is 118 cm³/mol. The highest BCUT2D eigenvalue weighted by atomic mass is 16.5. The number of methoxy groups -OCH3 is 1. The van der Waals surface area contributed by atoms with Crippen molar-refractivity contribution in [1.29, 1.82) is 0 Å². The van der Waals surface area contributed by atoms with Crippen molar-refractivity contribution < 1.29 is 19.0 Å². The number of para-hydroxylation sites is 3. The number of rotatable bonds is 10. The molecule has 0 aliphatic carbocycles. The average Bonchev–Trinajstić information content (AvgIpc) is 2.78. The first-order chi connectivity index (χ1) is 14.7. The van der Waals surface area contributed by atoms with Crippen molar-refractivity contribution in [3.63, 3.8) is 0 Å². The van der Waals surface area contributed by atoms with Gasteiger partial charge in [0.1, 0.15) is 5.75 Å². The molecule has 0 bridgehead atoms. The van der Waals surface area contributed by atoms with Gasteiger partial charge in [0.2, 0.25) is 0 Å². The van der Waals surface area contributed by atoms with Crippen molar-refractivity contribution in [1.82, 2.24) is 0 Å². The minimum absolute atomic E-state index is 0.139. The van der Waals surface area contributed by atoms with Gasteiger partial charge in [-0.25, -0.2) is 0 Å². The van der Waals surface area contributed by atoms with Gasteiger partial charge in [0, 0.05) is 12.2 Å². The molecule has 0 unspecified atom stereocenters. The highest BCUT2D eigenvalue weighted by Crippen LogP contribution is 2.29. The molecule has 1 amide bonds. The summed E-state index contributed by atoms with van der Waals surface area (Å²) >= 11 is 0. The third-order valence-electron chi connectivity index (χ3n) is 4.32. The van der Waals surface area contributed by atoms with Crippen LogP contribution in [0.1, 0.15) is 12.5 Å². The molecule has 0 fully saturated rings. The molecular weight excluding hydrogens is 380 g/mol.